The minimum absolute atomic E-state index is 0. The summed E-state index contributed by atoms with van der Waals surface area (Å²) < 4.78 is 26.8. The molecule has 1 aliphatic heterocycles. The highest BCUT2D eigenvalue weighted by atomic mass is 35.5. The van der Waals surface area contributed by atoms with E-state index in [-0.39, 0.29) is 28.4 Å². The van der Waals surface area contributed by atoms with E-state index in [1.165, 1.54) is 16.4 Å². The van der Waals surface area contributed by atoms with Gasteiger partial charge in [-0.3, -0.25) is 0 Å². The number of halogens is 3. The van der Waals surface area contributed by atoms with Crippen LogP contribution in [0.3, 0.4) is 0 Å². The highest BCUT2D eigenvalue weighted by Crippen LogP contribution is 2.31. The largest absolute Gasteiger partial charge is 0.318 e. The van der Waals surface area contributed by atoms with Crippen LogP contribution in [0.1, 0.15) is 12.8 Å². The molecule has 1 aromatic carbocycles. The summed E-state index contributed by atoms with van der Waals surface area (Å²) in [7, 11) is -1.77. The van der Waals surface area contributed by atoms with E-state index in [1.54, 1.807) is 6.07 Å². The van der Waals surface area contributed by atoms with Crippen LogP contribution in [0, 0.1) is 0 Å². The van der Waals surface area contributed by atoms with Gasteiger partial charge in [-0.15, -0.1) is 12.4 Å². The number of nitrogens with one attached hydrogen (secondary N) is 1. The molecule has 1 atom stereocenters. The molecule has 114 valence electrons. The van der Waals surface area contributed by atoms with Gasteiger partial charge in [-0.25, -0.2) is 8.42 Å². The lowest BCUT2D eigenvalue weighted by Crippen LogP contribution is -2.40. The summed E-state index contributed by atoms with van der Waals surface area (Å²) in [6, 6.07) is 4.48. The predicted octanol–water partition coefficient (Wildman–Crippen LogP) is 2.79. The van der Waals surface area contributed by atoms with E-state index in [1.807, 2.05) is 7.05 Å². The van der Waals surface area contributed by atoms with Crippen molar-refractivity contribution < 1.29 is 8.42 Å². The van der Waals surface area contributed by atoms with Crippen molar-refractivity contribution in [1.29, 1.82) is 0 Å². The van der Waals surface area contributed by atoms with Crippen LogP contribution in [-0.4, -0.2) is 38.9 Å². The molecule has 20 heavy (non-hydrogen) atoms. The minimum atomic E-state index is -3.59. The molecular formula is C12H17Cl3N2O2S. The summed E-state index contributed by atoms with van der Waals surface area (Å²) in [5, 5.41) is 3.60. The van der Waals surface area contributed by atoms with Gasteiger partial charge in [0.05, 0.1) is 5.02 Å². The molecule has 1 aliphatic rings. The van der Waals surface area contributed by atoms with Crippen molar-refractivity contribution in [3.63, 3.8) is 0 Å². The maximum Gasteiger partial charge on any atom is 0.244 e. The number of hydrogen-bond donors (Lipinski definition) is 1. The molecule has 1 unspecified atom stereocenters. The summed E-state index contributed by atoms with van der Waals surface area (Å²) in [6.45, 7) is 1.16. The second-order valence-electron chi connectivity index (χ2n) is 4.54. The van der Waals surface area contributed by atoms with Crippen LogP contribution in [0.15, 0.2) is 23.1 Å². The summed E-state index contributed by atoms with van der Waals surface area (Å²) in [5.41, 5.74) is 0. The molecule has 1 fully saturated rings. The highest BCUT2D eigenvalue weighted by Gasteiger charge is 2.35. The second kappa shape index (κ2) is 7.29. The summed E-state index contributed by atoms with van der Waals surface area (Å²) >= 11 is 11.9. The van der Waals surface area contributed by atoms with Crippen LogP contribution in [0.5, 0.6) is 0 Å². The minimum Gasteiger partial charge on any atom is -0.318 e. The molecule has 8 heteroatoms. The van der Waals surface area contributed by atoms with Gasteiger partial charge in [-0.1, -0.05) is 23.2 Å². The van der Waals surface area contributed by atoms with Gasteiger partial charge in [0.1, 0.15) is 4.90 Å². The zero-order chi connectivity index (χ0) is 14.0. The van der Waals surface area contributed by atoms with Crippen molar-refractivity contribution in [3.05, 3.63) is 28.2 Å². The number of rotatable bonds is 4. The van der Waals surface area contributed by atoms with Gasteiger partial charge in [-0.05, 0) is 38.1 Å². The fraction of sp³-hybridized carbons (Fsp3) is 0.500. The Morgan fingerprint density at radius 1 is 1.40 bits per heavy atom. The van der Waals surface area contributed by atoms with Gasteiger partial charge >= 0.3 is 0 Å². The lowest BCUT2D eigenvalue weighted by atomic mass is 10.2. The SMILES string of the molecule is CNCC1CCCN1S(=O)(=O)c1cc(Cl)ccc1Cl.Cl. The van der Waals surface area contributed by atoms with Crippen molar-refractivity contribution >= 4 is 45.6 Å². The van der Waals surface area contributed by atoms with Gasteiger partial charge in [0.25, 0.3) is 0 Å². The zero-order valence-corrected chi connectivity index (χ0v) is 14.1. The van der Waals surface area contributed by atoms with Crippen molar-refractivity contribution in [2.45, 2.75) is 23.8 Å². The Morgan fingerprint density at radius 2 is 2.10 bits per heavy atom. The molecule has 1 heterocycles. The van der Waals surface area contributed by atoms with Gasteiger partial charge < -0.3 is 5.32 Å². The molecule has 0 amide bonds. The van der Waals surface area contributed by atoms with Crippen molar-refractivity contribution in [3.8, 4) is 0 Å². The number of likely N-dealkylation sites (N-methyl/N-ethyl adjacent to an activating group) is 1. The normalized spacial score (nSPS) is 19.9. The molecule has 4 nitrogen and oxygen atoms in total. The molecular weight excluding hydrogens is 343 g/mol. The van der Waals surface area contributed by atoms with E-state index in [9.17, 15) is 8.42 Å². The summed E-state index contributed by atoms with van der Waals surface area (Å²) in [6.07, 6.45) is 1.72. The fourth-order valence-electron chi connectivity index (χ4n) is 2.37. The number of nitrogens with zero attached hydrogens (tertiary/aromatic N) is 1. The van der Waals surface area contributed by atoms with Crippen LogP contribution >= 0.6 is 35.6 Å². The third-order valence-electron chi connectivity index (χ3n) is 3.24. The van der Waals surface area contributed by atoms with Crippen molar-refractivity contribution in [1.82, 2.24) is 9.62 Å². The van der Waals surface area contributed by atoms with Gasteiger partial charge in [-0.2, -0.15) is 4.31 Å². The molecule has 0 bridgehead atoms. The van der Waals surface area contributed by atoms with Crippen LogP contribution in [-0.2, 0) is 10.0 Å². The standard InChI is InChI=1S/C12H16Cl2N2O2S.ClH/c1-15-8-10-3-2-6-16(10)19(17,18)12-7-9(13)4-5-11(12)14;/h4-5,7,10,15H,2-3,6,8H2,1H3;1H. The van der Waals surface area contributed by atoms with E-state index < -0.39 is 10.0 Å². The highest BCUT2D eigenvalue weighted by molar-refractivity contribution is 7.89. The van der Waals surface area contributed by atoms with Crippen molar-refractivity contribution in [2.24, 2.45) is 0 Å². The number of hydrogen-bond acceptors (Lipinski definition) is 3. The monoisotopic (exact) mass is 358 g/mol. The maximum atomic E-state index is 12.6. The Labute approximate surface area is 135 Å². The topological polar surface area (TPSA) is 49.4 Å². The molecule has 0 aliphatic carbocycles. The first kappa shape index (κ1) is 18.0. The smallest absolute Gasteiger partial charge is 0.244 e. The molecule has 1 N–H and O–H groups in total. The Balaban J connectivity index is 0.00000200. The maximum absolute atomic E-state index is 12.6. The Hall–Kier alpha value is -0.0400. The predicted molar refractivity (Wildman–Crippen MR) is 84.6 cm³/mol. The second-order valence-corrected chi connectivity index (χ2v) is 7.25. The van der Waals surface area contributed by atoms with E-state index in [2.05, 4.69) is 5.32 Å². The van der Waals surface area contributed by atoms with Gasteiger partial charge in [0.2, 0.25) is 10.0 Å². The lowest BCUT2D eigenvalue weighted by Gasteiger charge is -2.24. The molecule has 1 saturated heterocycles. The zero-order valence-electron chi connectivity index (χ0n) is 11.0. The quantitative estimate of drug-likeness (QED) is 0.899. The van der Waals surface area contributed by atoms with Crippen LogP contribution in [0.2, 0.25) is 10.0 Å². The molecule has 0 spiro atoms. The molecule has 0 aromatic heterocycles. The van der Waals surface area contributed by atoms with Crippen molar-refractivity contribution in [2.75, 3.05) is 20.1 Å². The van der Waals surface area contributed by atoms with E-state index in [4.69, 9.17) is 23.2 Å². The fourth-order valence-corrected chi connectivity index (χ4v) is 4.80. The Morgan fingerprint density at radius 3 is 2.75 bits per heavy atom. The van der Waals surface area contributed by atoms with Crippen LogP contribution < -0.4 is 5.32 Å². The summed E-state index contributed by atoms with van der Waals surface area (Å²) in [4.78, 5) is 0.0877. The first-order chi connectivity index (χ1) is 8.96. The lowest BCUT2D eigenvalue weighted by molar-refractivity contribution is 0.379. The number of sulfonamides is 1. The first-order valence-electron chi connectivity index (χ1n) is 6.08. The van der Waals surface area contributed by atoms with Gasteiger partial charge in [0, 0.05) is 24.2 Å². The third kappa shape index (κ3) is 3.59. The van der Waals surface area contributed by atoms with E-state index >= 15 is 0 Å². The average molecular weight is 360 g/mol. The Bertz CT molecular complexity index is 566. The molecule has 0 saturated carbocycles. The molecule has 2 rings (SSSR count). The molecule has 1 aromatic rings. The van der Waals surface area contributed by atoms with E-state index in [0.29, 0.717) is 18.1 Å². The van der Waals surface area contributed by atoms with Gasteiger partial charge in [0.15, 0.2) is 0 Å². The first-order valence-corrected chi connectivity index (χ1v) is 8.28. The molecule has 0 radical (unpaired) electrons. The average Bonchev–Trinajstić information content (AvgIpc) is 2.81. The summed E-state index contributed by atoms with van der Waals surface area (Å²) in [5.74, 6) is 0. The van der Waals surface area contributed by atoms with E-state index in [0.717, 1.165) is 12.8 Å². The van der Waals surface area contributed by atoms with Crippen LogP contribution in [0.25, 0.3) is 0 Å². The van der Waals surface area contributed by atoms with Crippen LogP contribution in [0.4, 0.5) is 0 Å². The number of benzene rings is 1. The Kier molecular flexibility index (Phi) is 6.57. The third-order valence-corrected chi connectivity index (χ3v) is 5.91.